The van der Waals surface area contributed by atoms with Crippen LogP contribution in [0.3, 0.4) is 0 Å². The highest BCUT2D eigenvalue weighted by atomic mass is 16.6. The van der Waals surface area contributed by atoms with Crippen LogP contribution in [0.15, 0.2) is 18.2 Å². The van der Waals surface area contributed by atoms with Crippen LogP contribution in [0.25, 0.3) is 0 Å². The first-order chi connectivity index (χ1) is 8.24. The number of hydrogen-bond acceptors (Lipinski definition) is 3. The molecule has 0 saturated carbocycles. The third-order valence-corrected chi connectivity index (χ3v) is 2.70. The fraction of sp³-hybridized carbons (Fsp3) is 0.533. The van der Waals surface area contributed by atoms with Gasteiger partial charge in [-0.3, -0.25) is 4.79 Å². The van der Waals surface area contributed by atoms with Gasteiger partial charge in [-0.1, -0.05) is 6.07 Å². The number of ether oxygens (including phenoxy) is 2. The van der Waals surface area contributed by atoms with E-state index >= 15 is 0 Å². The maximum absolute atomic E-state index is 12.0. The van der Waals surface area contributed by atoms with Crippen molar-refractivity contribution in [3.05, 3.63) is 29.3 Å². The lowest BCUT2D eigenvalue weighted by Crippen LogP contribution is -2.27. The molecule has 0 aliphatic carbocycles. The molecular weight excluding hydrogens is 228 g/mol. The van der Waals surface area contributed by atoms with Gasteiger partial charge in [0.1, 0.15) is 11.4 Å². The Balaban J connectivity index is 2.90. The van der Waals surface area contributed by atoms with E-state index in [1.54, 1.807) is 7.11 Å². The summed E-state index contributed by atoms with van der Waals surface area (Å²) in [5.74, 6) is 0.332. The van der Waals surface area contributed by atoms with Crippen LogP contribution in [0.5, 0.6) is 5.75 Å². The number of benzene rings is 1. The molecule has 3 nitrogen and oxygen atoms in total. The molecule has 1 unspecified atom stereocenters. The van der Waals surface area contributed by atoms with Crippen LogP contribution in [-0.2, 0) is 9.53 Å². The lowest BCUT2D eigenvalue weighted by Gasteiger charge is -2.23. The second kappa shape index (κ2) is 5.42. The van der Waals surface area contributed by atoms with E-state index in [1.165, 1.54) is 0 Å². The summed E-state index contributed by atoms with van der Waals surface area (Å²) in [6.45, 7) is 9.46. The minimum atomic E-state index is -0.453. The number of hydrogen-bond donors (Lipinski definition) is 0. The Bertz CT molecular complexity index is 430. The molecule has 18 heavy (non-hydrogen) atoms. The van der Waals surface area contributed by atoms with Gasteiger partial charge in [0.05, 0.1) is 13.0 Å². The summed E-state index contributed by atoms with van der Waals surface area (Å²) in [5, 5.41) is 0. The zero-order chi connectivity index (χ0) is 13.9. The van der Waals surface area contributed by atoms with Gasteiger partial charge >= 0.3 is 5.97 Å². The predicted octanol–water partition coefficient (Wildman–Crippen LogP) is 3.45. The van der Waals surface area contributed by atoms with E-state index in [4.69, 9.17) is 9.47 Å². The van der Waals surface area contributed by atoms with Crippen LogP contribution in [0.2, 0.25) is 0 Å². The van der Waals surface area contributed by atoms with Crippen LogP contribution in [0.1, 0.15) is 44.7 Å². The first kappa shape index (κ1) is 14.6. The summed E-state index contributed by atoms with van der Waals surface area (Å²) >= 11 is 0. The van der Waals surface area contributed by atoms with Gasteiger partial charge in [-0.2, -0.15) is 0 Å². The van der Waals surface area contributed by atoms with Gasteiger partial charge in [0.15, 0.2) is 0 Å². The topological polar surface area (TPSA) is 35.5 Å². The molecule has 0 bridgehead atoms. The monoisotopic (exact) mass is 250 g/mol. The van der Waals surface area contributed by atoms with Crippen molar-refractivity contribution >= 4 is 5.97 Å². The molecule has 0 saturated heterocycles. The summed E-state index contributed by atoms with van der Waals surface area (Å²) in [5.41, 5.74) is 1.56. The van der Waals surface area contributed by atoms with Gasteiger partial charge in [0.25, 0.3) is 0 Å². The molecule has 0 spiro atoms. The molecule has 0 fully saturated rings. The van der Waals surface area contributed by atoms with Crippen molar-refractivity contribution in [1.29, 1.82) is 0 Å². The van der Waals surface area contributed by atoms with E-state index in [9.17, 15) is 4.79 Å². The molecule has 0 N–H and O–H groups in total. The fourth-order valence-corrected chi connectivity index (χ4v) is 1.78. The lowest BCUT2D eigenvalue weighted by molar-refractivity contribution is -0.156. The number of methoxy groups -OCH3 is 1. The Labute approximate surface area is 109 Å². The molecule has 0 aliphatic rings. The van der Waals surface area contributed by atoms with Crippen molar-refractivity contribution in [1.82, 2.24) is 0 Å². The van der Waals surface area contributed by atoms with E-state index in [1.807, 2.05) is 52.8 Å². The Morgan fingerprint density at radius 1 is 1.28 bits per heavy atom. The third-order valence-electron chi connectivity index (χ3n) is 2.70. The molecule has 100 valence electrons. The van der Waals surface area contributed by atoms with Gasteiger partial charge < -0.3 is 9.47 Å². The molecule has 1 aromatic rings. The van der Waals surface area contributed by atoms with Crippen molar-refractivity contribution in [3.8, 4) is 5.75 Å². The van der Waals surface area contributed by atoms with Gasteiger partial charge in [0, 0.05) is 0 Å². The Morgan fingerprint density at radius 2 is 1.89 bits per heavy atom. The third kappa shape index (κ3) is 3.76. The van der Waals surface area contributed by atoms with Crippen molar-refractivity contribution < 1.29 is 14.3 Å². The van der Waals surface area contributed by atoms with Crippen LogP contribution < -0.4 is 4.74 Å². The maximum Gasteiger partial charge on any atom is 0.313 e. The molecule has 0 aromatic heterocycles. The molecule has 0 heterocycles. The second-order valence-electron chi connectivity index (χ2n) is 5.48. The quantitative estimate of drug-likeness (QED) is 0.771. The first-order valence-electron chi connectivity index (χ1n) is 6.12. The molecule has 1 aromatic carbocycles. The Morgan fingerprint density at radius 3 is 2.33 bits per heavy atom. The number of carbonyl (C=O) groups is 1. The minimum Gasteiger partial charge on any atom is -0.497 e. The van der Waals surface area contributed by atoms with Crippen molar-refractivity contribution in [2.45, 2.75) is 46.1 Å². The highest BCUT2D eigenvalue weighted by molar-refractivity contribution is 5.78. The van der Waals surface area contributed by atoms with Crippen molar-refractivity contribution in [2.24, 2.45) is 0 Å². The van der Waals surface area contributed by atoms with Crippen LogP contribution in [0, 0.1) is 6.92 Å². The SMILES string of the molecule is COc1ccc(C(C)C(=O)OC(C)(C)C)c(C)c1. The molecule has 1 rings (SSSR count). The van der Waals surface area contributed by atoms with Gasteiger partial charge in [-0.05, 0) is 57.9 Å². The number of carbonyl (C=O) groups excluding carboxylic acids is 1. The summed E-state index contributed by atoms with van der Waals surface area (Å²) in [6.07, 6.45) is 0. The second-order valence-corrected chi connectivity index (χ2v) is 5.48. The molecule has 3 heteroatoms. The fourth-order valence-electron chi connectivity index (χ4n) is 1.78. The molecular formula is C15H22O3. The number of rotatable bonds is 3. The number of aryl methyl sites for hydroxylation is 1. The summed E-state index contributed by atoms with van der Waals surface area (Å²) in [4.78, 5) is 12.0. The van der Waals surface area contributed by atoms with Gasteiger partial charge in [-0.15, -0.1) is 0 Å². The standard InChI is InChI=1S/C15H22O3/c1-10-9-12(17-6)7-8-13(10)11(2)14(16)18-15(3,4)5/h7-9,11H,1-6H3. The zero-order valence-corrected chi connectivity index (χ0v) is 12.0. The predicted molar refractivity (Wildman–Crippen MR) is 72.0 cm³/mol. The van der Waals surface area contributed by atoms with Crippen LogP contribution in [-0.4, -0.2) is 18.7 Å². The van der Waals surface area contributed by atoms with Gasteiger partial charge in [0.2, 0.25) is 0 Å². The van der Waals surface area contributed by atoms with E-state index in [2.05, 4.69) is 0 Å². The minimum absolute atomic E-state index is 0.198. The van der Waals surface area contributed by atoms with Crippen molar-refractivity contribution in [3.63, 3.8) is 0 Å². The molecule has 0 radical (unpaired) electrons. The van der Waals surface area contributed by atoms with Crippen molar-refractivity contribution in [2.75, 3.05) is 7.11 Å². The van der Waals surface area contributed by atoms with E-state index < -0.39 is 5.60 Å². The Hall–Kier alpha value is -1.51. The van der Waals surface area contributed by atoms with Crippen LogP contribution in [0.4, 0.5) is 0 Å². The maximum atomic E-state index is 12.0. The zero-order valence-electron chi connectivity index (χ0n) is 12.0. The summed E-state index contributed by atoms with van der Waals surface area (Å²) < 4.78 is 10.5. The van der Waals surface area contributed by atoms with Crippen LogP contribution >= 0.6 is 0 Å². The molecule has 0 amide bonds. The highest BCUT2D eigenvalue weighted by Gasteiger charge is 2.24. The Kier molecular flexibility index (Phi) is 4.38. The van der Waals surface area contributed by atoms with E-state index in [0.717, 1.165) is 16.9 Å². The van der Waals surface area contributed by atoms with E-state index in [0.29, 0.717) is 0 Å². The lowest BCUT2D eigenvalue weighted by atomic mass is 9.96. The largest absolute Gasteiger partial charge is 0.497 e. The summed E-state index contributed by atoms with van der Waals surface area (Å²) in [7, 11) is 1.63. The van der Waals surface area contributed by atoms with E-state index in [-0.39, 0.29) is 11.9 Å². The normalized spacial score (nSPS) is 13.0. The molecule has 1 atom stereocenters. The number of esters is 1. The summed E-state index contributed by atoms with van der Waals surface area (Å²) in [6, 6.07) is 5.71. The highest BCUT2D eigenvalue weighted by Crippen LogP contribution is 2.26. The average molecular weight is 250 g/mol. The smallest absolute Gasteiger partial charge is 0.313 e. The average Bonchev–Trinajstić information content (AvgIpc) is 2.25. The van der Waals surface area contributed by atoms with Gasteiger partial charge in [-0.25, -0.2) is 0 Å². The molecule has 0 aliphatic heterocycles. The first-order valence-corrected chi connectivity index (χ1v) is 6.12.